The highest BCUT2D eigenvalue weighted by Crippen LogP contribution is 2.29. The number of carbonyl (C=O) groups excluding carboxylic acids is 1. The lowest BCUT2D eigenvalue weighted by molar-refractivity contribution is 0.0787. The Hall–Kier alpha value is -2.42. The van der Waals surface area contributed by atoms with Crippen LogP contribution in [-0.4, -0.2) is 22.3 Å². The third-order valence-corrected chi connectivity index (χ3v) is 4.03. The van der Waals surface area contributed by atoms with Crippen molar-refractivity contribution in [3.05, 3.63) is 53.7 Å². The van der Waals surface area contributed by atoms with Crippen LogP contribution in [0.2, 0.25) is 0 Å². The third kappa shape index (κ3) is 1.46. The Balaban J connectivity index is 2.05. The van der Waals surface area contributed by atoms with E-state index in [9.17, 15) is 4.79 Å². The molecule has 4 rings (SSSR count). The Bertz CT molecular complexity index is 854. The summed E-state index contributed by atoms with van der Waals surface area (Å²) in [6.07, 6.45) is 0. The molecule has 0 N–H and O–H groups in total. The molecule has 3 nitrogen and oxygen atoms in total. The molecule has 3 aromatic rings. The fourth-order valence-electron chi connectivity index (χ4n) is 2.93. The van der Waals surface area contributed by atoms with Crippen molar-refractivity contribution in [3.8, 4) is 0 Å². The number of benzene rings is 2. The summed E-state index contributed by atoms with van der Waals surface area (Å²) in [4.78, 5) is 18.8. The van der Waals surface area contributed by atoms with Crippen LogP contribution < -0.4 is 0 Å². The van der Waals surface area contributed by atoms with E-state index in [0.29, 0.717) is 6.54 Å². The Labute approximate surface area is 116 Å². The van der Waals surface area contributed by atoms with E-state index in [1.54, 1.807) is 0 Å². The second-order valence-electron chi connectivity index (χ2n) is 5.16. The highest BCUT2D eigenvalue weighted by atomic mass is 16.2. The van der Waals surface area contributed by atoms with Gasteiger partial charge in [0.2, 0.25) is 0 Å². The van der Waals surface area contributed by atoms with Crippen LogP contribution in [0.3, 0.4) is 0 Å². The SMILES string of the molecule is CCN1Cc2nc3c(ccc4ccccc43)cc2C1=O. The number of nitrogens with zero attached hydrogens (tertiary/aromatic N) is 2. The van der Waals surface area contributed by atoms with Crippen LogP contribution in [0, 0.1) is 0 Å². The number of aromatic nitrogens is 1. The molecule has 3 heteroatoms. The van der Waals surface area contributed by atoms with Crippen molar-refractivity contribution in [2.24, 2.45) is 0 Å². The van der Waals surface area contributed by atoms with Gasteiger partial charge in [-0.15, -0.1) is 0 Å². The maximum Gasteiger partial charge on any atom is 0.256 e. The van der Waals surface area contributed by atoms with E-state index in [1.807, 2.05) is 36.1 Å². The van der Waals surface area contributed by atoms with Gasteiger partial charge in [-0.1, -0.05) is 36.4 Å². The molecule has 0 radical (unpaired) electrons. The second-order valence-corrected chi connectivity index (χ2v) is 5.16. The van der Waals surface area contributed by atoms with Crippen LogP contribution in [0.1, 0.15) is 23.0 Å². The van der Waals surface area contributed by atoms with Crippen LogP contribution in [0.15, 0.2) is 42.5 Å². The second kappa shape index (κ2) is 4.04. The predicted octanol–water partition coefficient (Wildman–Crippen LogP) is 3.36. The van der Waals surface area contributed by atoms with Gasteiger partial charge in [0, 0.05) is 17.3 Å². The molecule has 0 unspecified atom stereocenters. The maximum atomic E-state index is 12.2. The van der Waals surface area contributed by atoms with E-state index in [4.69, 9.17) is 4.98 Å². The summed E-state index contributed by atoms with van der Waals surface area (Å²) >= 11 is 0. The first-order chi connectivity index (χ1) is 9.78. The Morgan fingerprint density at radius 1 is 1.15 bits per heavy atom. The molecular weight excluding hydrogens is 248 g/mol. The molecule has 0 fully saturated rings. The lowest BCUT2D eigenvalue weighted by atomic mass is 10.0. The van der Waals surface area contributed by atoms with E-state index in [0.717, 1.165) is 34.1 Å². The van der Waals surface area contributed by atoms with E-state index >= 15 is 0 Å². The summed E-state index contributed by atoms with van der Waals surface area (Å²) in [6.45, 7) is 3.36. The highest BCUT2D eigenvalue weighted by molar-refractivity contribution is 6.08. The van der Waals surface area contributed by atoms with Crippen molar-refractivity contribution in [3.63, 3.8) is 0 Å². The molecule has 1 aromatic heterocycles. The third-order valence-electron chi connectivity index (χ3n) is 4.03. The van der Waals surface area contributed by atoms with Gasteiger partial charge >= 0.3 is 0 Å². The lowest BCUT2D eigenvalue weighted by Crippen LogP contribution is -2.22. The maximum absolute atomic E-state index is 12.2. The average Bonchev–Trinajstić information content (AvgIpc) is 2.81. The lowest BCUT2D eigenvalue weighted by Gasteiger charge is -2.10. The molecule has 20 heavy (non-hydrogen) atoms. The van der Waals surface area contributed by atoms with Crippen LogP contribution in [0.4, 0.5) is 0 Å². The smallest absolute Gasteiger partial charge is 0.256 e. The summed E-state index contributed by atoms with van der Waals surface area (Å²) < 4.78 is 0. The van der Waals surface area contributed by atoms with Crippen molar-refractivity contribution < 1.29 is 4.79 Å². The zero-order valence-electron chi connectivity index (χ0n) is 11.3. The first-order valence-electron chi connectivity index (χ1n) is 6.88. The van der Waals surface area contributed by atoms with Crippen molar-refractivity contribution in [2.75, 3.05) is 6.54 Å². The van der Waals surface area contributed by atoms with Crippen LogP contribution >= 0.6 is 0 Å². The Morgan fingerprint density at radius 3 is 2.80 bits per heavy atom. The first kappa shape index (κ1) is 11.4. The number of fused-ring (bicyclic) bond motifs is 4. The Morgan fingerprint density at radius 2 is 1.95 bits per heavy atom. The Kier molecular flexibility index (Phi) is 2.30. The van der Waals surface area contributed by atoms with Gasteiger partial charge in [0.25, 0.3) is 5.91 Å². The van der Waals surface area contributed by atoms with Crippen LogP contribution in [-0.2, 0) is 6.54 Å². The zero-order chi connectivity index (χ0) is 13.7. The summed E-state index contributed by atoms with van der Waals surface area (Å²) in [7, 11) is 0. The van der Waals surface area contributed by atoms with Crippen molar-refractivity contribution in [2.45, 2.75) is 13.5 Å². The molecule has 0 saturated heterocycles. The standard InChI is InChI=1S/C17H14N2O/c1-2-19-10-15-14(17(19)20)9-12-8-7-11-5-3-4-6-13(11)16(12)18-15/h3-9H,2,10H2,1H3. The number of carbonyl (C=O) groups is 1. The minimum atomic E-state index is 0.102. The summed E-state index contributed by atoms with van der Waals surface area (Å²) in [6, 6.07) is 14.4. The monoisotopic (exact) mass is 262 g/mol. The van der Waals surface area contributed by atoms with Crippen molar-refractivity contribution in [1.29, 1.82) is 0 Å². The number of hydrogen-bond acceptors (Lipinski definition) is 2. The quantitative estimate of drug-likeness (QED) is 0.630. The number of amides is 1. The summed E-state index contributed by atoms with van der Waals surface area (Å²) in [5.41, 5.74) is 2.66. The molecule has 0 spiro atoms. The minimum absolute atomic E-state index is 0.102. The summed E-state index contributed by atoms with van der Waals surface area (Å²) in [5.74, 6) is 0.102. The van der Waals surface area contributed by atoms with Gasteiger partial charge in [0.15, 0.2) is 0 Å². The average molecular weight is 262 g/mol. The topological polar surface area (TPSA) is 33.2 Å². The molecule has 0 bridgehead atoms. The van der Waals surface area contributed by atoms with E-state index in [1.165, 1.54) is 5.39 Å². The van der Waals surface area contributed by atoms with Crippen molar-refractivity contribution in [1.82, 2.24) is 9.88 Å². The van der Waals surface area contributed by atoms with Gasteiger partial charge in [0.05, 0.1) is 23.3 Å². The highest BCUT2D eigenvalue weighted by Gasteiger charge is 2.27. The van der Waals surface area contributed by atoms with Crippen LogP contribution in [0.5, 0.6) is 0 Å². The van der Waals surface area contributed by atoms with Gasteiger partial charge in [-0.2, -0.15) is 0 Å². The van der Waals surface area contributed by atoms with Crippen molar-refractivity contribution >= 4 is 27.6 Å². The van der Waals surface area contributed by atoms with E-state index in [2.05, 4.69) is 18.2 Å². The zero-order valence-corrected chi connectivity index (χ0v) is 11.3. The molecule has 98 valence electrons. The van der Waals surface area contributed by atoms with Gasteiger partial charge in [-0.05, 0) is 18.4 Å². The largest absolute Gasteiger partial charge is 0.333 e. The molecule has 1 aliphatic rings. The molecule has 0 aliphatic carbocycles. The molecular formula is C17H14N2O. The van der Waals surface area contributed by atoms with Gasteiger partial charge in [0.1, 0.15) is 0 Å². The molecule has 2 heterocycles. The predicted molar refractivity (Wildman–Crippen MR) is 79.7 cm³/mol. The fraction of sp³-hybridized carbons (Fsp3) is 0.176. The minimum Gasteiger partial charge on any atom is -0.333 e. The van der Waals surface area contributed by atoms with Gasteiger partial charge in [-0.3, -0.25) is 4.79 Å². The molecule has 1 amide bonds. The number of hydrogen-bond donors (Lipinski definition) is 0. The molecule has 2 aromatic carbocycles. The summed E-state index contributed by atoms with van der Waals surface area (Å²) in [5, 5.41) is 3.37. The fourth-order valence-corrected chi connectivity index (χ4v) is 2.93. The van der Waals surface area contributed by atoms with E-state index < -0.39 is 0 Å². The van der Waals surface area contributed by atoms with Gasteiger partial charge in [-0.25, -0.2) is 4.98 Å². The van der Waals surface area contributed by atoms with Crippen LogP contribution in [0.25, 0.3) is 21.7 Å². The number of pyridine rings is 1. The van der Waals surface area contributed by atoms with Gasteiger partial charge < -0.3 is 4.90 Å². The molecule has 1 aliphatic heterocycles. The normalized spacial score (nSPS) is 14.2. The molecule has 0 saturated carbocycles. The first-order valence-corrected chi connectivity index (χ1v) is 6.88. The molecule has 0 atom stereocenters. The number of rotatable bonds is 1. The van der Waals surface area contributed by atoms with E-state index in [-0.39, 0.29) is 5.91 Å².